The maximum Gasteiger partial charge on any atom is 0.322 e. The van der Waals surface area contributed by atoms with Gasteiger partial charge in [-0.2, -0.15) is 0 Å². The van der Waals surface area contributed by atoms with E-state index in [-0.39, 0.29) is 18.3 Å². The number of aryl methyl sites for hydroxylation is 2. The fraction of sp³-hybridized carbons (Fsp3) is 0.235. The predicted molar refractivity (Wildman–Crippen MR) is 89.7 cm³/mol. The number of nitrogens with zero attached hydrogens (tertiary/aromatic N) is 2. The number of hydrogen-bond acceptors (Lipinski definition) is 5. The number of carbonyl (C=O) groups is 1. The van der Waals surface area contributed by atoms with Gasteiger partial charge in [-0.25, -0.2) is 0 Å². The van der Waals surface area contributed by atoms with E-state index in [2.05, 4.69) is 15.5 Å². The van der Waals surface area contributed by atoms with Gasteiger partial charge in [0.2, 0.25) is 11.8 Å². The van der Waals surface area contributed by atoms with Gasteiger partial charge in [0, 0.05) is 4.88 Å². The van der Waals surface area contributed by atoms with Crippen molar-refractivity contribution in [2.75, 3.05) is 5.32 Å². The van der Waals surface area contributed by atoms with Crippen LogP contribution in [0.4, 0.5) is 6.01 Å². The van der Waals surface area contributed by atoms with Crippen molar-refractivity contribution in [3.63, 3.8) is 0 Å². The Kier molecular flexibility index (Phi) is 4.52. The van der Waals surface area contributed by atoms with Crippen LogP contribution in [0.1, 0.15) is 27.5 Å². The lowest BCUT2D eigenvalue weighted by Crippen LogP contribution is -2.15. The average molecular weight is 327 g/mol. The molecule has 3 aromatic rings. The van der Waals surface area contributed by atoms with Crippen molar-refractivity contribution < 1.29 is 9.21 Å². The normalized spacial score (nSPS) is 10.7. The summed E-state index contributed by atoms with van der Waals surface area (Å²) in [4.78, 5) is 13.3. The Bertz CT molecular complexity index is 809. The highest BCUT2D eigenvalue weighted by molar-refractivity contribution is 7.09. The minimum absolute atomic E-state index is 0.145. The lowest BCUT2D eigenvalue weighted by atomic mass is 10.0. The van der Waals surface area contributed by atoms with Gasteiger partial charge in [0.15, 0.2) is 0 Å². The van der Waals surface area contributed by atoms with E-state index in [0.717, 1.165) is 21.6 Å². The minimum Gasteiger partial charge on any atom is -0.407 e. The summed E-state index contributed by atoms with van der Waals surface area (Å²) in [7, 11) is 0. The molecule has 2 aromatic heterocycles. The van der Waals surface area contributed by atoms with Gasteiger partial charge in [0.25, 0.3) is 0 Å². The average Bonchev–Trinajstić information content (AvgIpc) is 3.15. The molecular weight excluding hydrogens is 310 g/mol. The number of rotatable bonds is 5. The van der Waals surface area contributed by atoms with E-state index in [9.17, 15) is 4.79 Å². The second-order valence-electron chi connectivity index (χ2n) is 5.41. The van der Waals surface area contributed by atoms with Gasteiger partial charge in [-0.15, -0.1) is 16.4 Å². The van der Waals surface area contributed by atoms with Gasteiger partial charge in [0.1, 0.15) is 0 Å². The standard InChI is InChI=1S/C17H17N3O2S/c1-11-5-6-12(2)13(8-11)9-15(21)18-17-20-19-16(22-17)10-14-4-3-7-23-14/h3-8H,9-10H2,1-2H3,(H,18,20,21). The molecule has 5 nitrogen and oxygen atoms in total. The van der Waals surface area contributed by atoms with Gasteiger partial charge in [-0.05, 0) is 36.4 Å². The third-order valence-corrected chi connectivity index (χ3v) is 4.35. The van der Waals surface area contributed by atoms with Crippen LogP contribution in [-0.4, -0.2) is 16.1 Å². The first-order valence-electron chi connectivity index (χ1n) is 7.31. The molecule has 0 aliphatic rings. The molecule has 3 rings (SSSR count). The molecule has 0 radical (unpaired) electrons. The molecule has 1 amide bonds. The quantitative estimate of drug-likeness (QED) is 0.778. The SMILES string of the molecule is Cc1ccc(C)c(CC(=O)Nc2nnc(Cc3cccs3)o2)c1. The molecule has 0 unspecified atom stereocenters. The van der Waals surface area contributed by atoms with E-state index in [4.69, 9.17) is 4.42 Å². The Hall–Kier alpha value is -2.47. The van der Waals surface area contributed by atoms with Crippen LogP contribution in [0.3, 0.4) is 0 Å². The first-order chi connectivity index (χ1) is 11.1. The van der Waals surface area contributed by atoms with Crippen LogP contribution in [0.15, 0.2) is 40.1 Å². The zero-order chi connectivity index (χ0) is 16.2. The van der Waals surface area contributed by atoms with E-state index in [1.807, 2.05) is 49.6 Å². The molecular formula is C17H17N3O2S. The van der Waals surface area contributed by atoms with Crippen LogP contribution in [0, 0.1) is 13.8 Å². The van der Waals surface area contributed by atoms with Crippen LogP contribution in [0.2, 0.25) is 0 Å². The molecule has 118 valence electrons. The highest BCUT2D eigenvalue weighted by Crippen LogP contribution is 2.16. The molecule has 1 N–H and O–H groups in total. The van der Waals surface area contributed by atoms with Crippen molar-refractivity contribution in [2.24, 2.45) is 0 Å². The van der Waals surface area contributed by atoms with Gasteiger partial charge < -0.3 is 4.42 Å². The van der Waals surface area contributed by atoms with Crippen molar-refractivity contribution in [3.8, 4) is 0 Å². The topological polar surface area (TPSA) is 68.0 Å². The molecule has 0 saturated heterocycles. The summed E-state index contributed by atoms with van der Waals surface area (Å²) in [5, 5.41) is 12.5. The van der Waals surface area contributed by atoms with Crippen molar-refractivity contribution in [1.82, 2.24) is 10.2 Å². The molecule has 0 bridgehead atoms. The molecule has 23 heavy (non-hydrogen) atoms. The van der Waals surface area contributed by atoms with Gasteiger partial charge >= 0.3 is 6.01 Å². The zero-order valence-corrected chi connectivity index (χ0v) is 13.8. The third kappa shape index (κ3) is 4.04. The zero-order valence-electron chi connectivity index (χ0n) is 13.0. The molecule has 0 saturated carbocycles. The van der Waals surface area contributed by atoms with E-state index >= 15 is 0 Å². The minimum atomic E-state index is -0.162. The summed E-state index contributed by atoms with van der Waals surface area (Å²) in [6.07, 6.45) is 0.869. The number of aromatic nitrogens is 2. The van der Waals surface area contributed by atoms with E-state index < -0.39 is 0 Å². The van der Waals surface area contributed by atoms with Crippen LogP contribution < -0.4 is 5.32 Å². The molecule has 0 fully saturated rings. The summed E-state index contributed by atoms with van der Waals surface area (Å²) in [6, 6.07) is 10.2. The summed E-state index contributed by atoms with van der Waals surface area (Å²) in [6.45, 7) is 4.00. The number of anilines is 1. The maximum atomic E-state index is 12.1. The van der Waals surface area contributed by atoms with Crippen molar-refractivity contribution >= 4 is 23.3 Å². The fourth-order valence-electron chi connectivity index (χ4n) is 2.26. The van der Waals surface area contributed by atoms with Crippen LogP contribution in [0.25, 0.3) is 0 Å². The van der Waals surface area contributed by atoms with Crippen LogP contribution in [-0.2, 0) is 17.6 Å². The summed E-state index contributed by atoms with van der Waals surface area (Å²) < 4.78 is 5.47. The maximum absolute atomic E-state index is 12.1. The monoisotopic (exact) mass is 327 g/mol. The Labute approximate surface area is 138 Å². The lowest BCUT2D eigenvalue weighted by molar-refractivity contribution is -0.115. The van der Waals surface area contributed by atoms with E-state index in [1.54, 1.807) is 11.3 Å². The Morgan fingerprint density at radius 1 is 1.26 bits per heavy atom. The van der Waals surface area contributed by atoms with Gasteiger partial charge in [-0.3, -0.25) is 10.1 Å². The summed E-state index contributed by atoms with van der Waals surface area (Å²) in [5.41, 5.74) is 3.23. The highest BCUT2D eigenvalue weighted by Gasteiger charge is 2.12. The van der Waals surface area contributed by atoms with Crippen molar-refractivity contribution in [1.29, 1.82) is 0 Å². The number of carbonyl (C=O) groups excluding carboxylic acids is 1. The molecule has 0 aliphatic heterocycles. The smallest absolute Gasteiger partial charge is 0.322 e. The van der Waals surface area contributed by atoms with Crippen molar-refractivity contribution in [2.45, 2.75) is 26.7 Å². The van der Waals surface area contributed by atoms with Crippen LogP contribution >= 0.6 is 11.3 Å². The lowest BCUT2D eigenvalue weighted by Gasteiger charge is -2.06. The Morgan fingerprint density at radius 3 is 2.91 bits per heavy atom. The molecule has 1 aromatic carbocycles. The number of nitrogens with one attached hydrogen (secondary N) is 1. The molecule has 6 heteroatoms. The summed E-state index contributed by atoms with van der Waals surface area (Å²) in [5.74, 6) is 0.333. The molecule has 0 spiro atoms. The molecule has 0 aliphatic carbocycles. The first-order valence-corrected chi connectivity index (χ1v) is 8.19. The highest BCUT2D eigenvalue weighted by atomic mass is 32.1. The van der Waals surface area contributed by atoms with E-state index in [1.165, 1.54) is 0 Å². The number of hydrogen-bond donors (Lipinski definition) is 1. The molecule has 2 heterocycles. The van der Waals surface area contributed by atoms with Gasteiger partial charge in [-0.1, -0.05) is 34.9 Å². The van der Waals surface area contributed by atoms with Crippen LogP contribution in [0.5, 0.6) is 0 Å². The Balaban J connectivity index is 1.62. The fourth-order valence-corrected chi connectivity index (χ4v) is 2.96. The first kappa shape index (κ1) is 15.4. The molecule has 0 atom stereocenters. The number of benzene rings is 1. The largest absolute Gasteiger partial charge is 0.407 e. The predicted octanol–water partition coefficient (Wildman–Crippen LogP) is 3.52. The number of thiophene rings is 1. The number of amides is 1. The van der Waals surface area contributed by atoms with Gasteiger partial charge in [0.05, 0.1) is 12.8 Å². The third-order valence-electron chi connectivity index (χ3n) is 3.47. The summed E-state index contributed by atoms with van der Waals surface area (Å²) >= 11 is 1.63. The second-order valence-corrected chi connectivity index (χ2v) is 6.44. The second kappa shape index (κ2) is 6.75. The van der Waals surface area contributed by atoms with E-state index in [0.29, 0.717) is 12.3 Å². The Morgan fingerprint density at radius 2 is 2.13 bits per heavy atom. The van der Waals surface area contributed by atoms with Crippen molar-refractivity contribution in [3.05, 3.63) is 63.2 Å².